The first-order chi connectivity index (χ1) is 8.79. The molecule has 0 fully saturated rings. The summed E-state index contributed by atoms with van der Waals surface area (Å²) in [7, 11) is 0. The molecule has 0 atom stereocenters. The van der Waals surface area contributed by atoms with Crippen molar-refractivity contribution >= 4 is 11.6 Å². The zero-order valence-electron chi connectivity index (χ0n) is 11.2. The van der Waals surface area contributed by atoms with E-state index in [9.17, 15) is 0 Å². The highest BCUT2D eigenvalue weighted by Gasteiger charge is 2.00. The van der Waals surface area contributed by atoms with Gasteiger partial charge in [0, 0.05) is 0 Å². The van der Waals surface area contributed by atoms with Crippen molar-refractivity contribution in [1.82, 2.24) is 0 Å². The normalized spacial score (nSPS) is 11.6. The van der Waals surface area contributed by atoms with Crippen molar-refractivity contribution in [3.8, 4) is 0 Å². The van der Waals surface area contributed by atoms with Crippen molar-refractivity contribution in [3.63, 3.8) is 0 Å². The van der Waals surface area contributed by atoms with E-state index in [0.717, 1.165) is 6.42 Å². The molecule has 2 aromatic rings. The molecule has 0 saturated carbocycles. The summed E-state index contributed by atoms with van der Waals surface area (Å²) in [6.45, 7) is 4.35. The van der Waals surface area contributed by atoms with E-state index in [-0.39, 0.29) is 0 Å². The Bertz CT molecular complexity index is 503. The number of allylic oxidation sites excluding steroid dienone is 1. The SMILES string of the molecule is CCCC(=Cc1ccc(C)cc1)c1ccccc1. The number of benzene rings is 2. The van der Waals surface area contributed by atoms with Crippen molar-refractivity contribution in [2.75, 3.05) is 0 Å². The summed E-state index contributed by atoms with van der Waals surface area (Å²) in [5.74, 6) is 0. The van der Waals surface area contributed by atoms with Crippen molar-refractivity contribution < 1.29 is 0 Å². The summed E-state index contributed by atoms with van der Waals surface area (Å²) in [6, 6.07) is 19.4. The Labute approximate surface area is 110 Å². The lowest BCUT2D eigenvalue weighted by atomic mass is 9.98. The second-order valence-corrected chi connectivity index (χ2v) is 4.70. The molecule has 0 heteroatoms. The number of hydrogen-bond donors (Lipinski definition) is 0. The van der Waals surface area contributed by atoms with Gasteiger partial charge < -0.3 is 0 Å². The molecule has 0 bridgehead atoms. The maximum absolute atomic E-state index is 2.30. The van der Waals surface area contributed by atoms with E-state index in [2.05, 4.69) is 74.5 Å². The fraction of sp³-hybridized carbons (Fsp3) is 0.222. The Hall–Kier alpha value is -1.82. The Morgan fingerprint density at radius 3 is 2.22 bits per heavy atom. The average Bonchev–Trinajstić information content (AvgIpc) is 2.42. The van der Waals surface area contributed by atoms with Crippen LogP contribution in [0.4, 0.5) is 0 Å². The molecular weight excluding hydrogens is 216 g/mol. The van der Waals surface area contributed by atoms with Crippen LogP contribution >= 0.6 is 0 Å². The second kappa shape index (κ2) is 6.20. The minimum Gasteiger partial charge on any atom is -0.0651 e. The van der Waals surface area contributed by atoms with E-state index in [1.165, 1.54) is 28.7 Å². The van der Waals surface area contributed by atoms with E-state index in [1.54, 1.807) is 0 Å². The molecule has 2 aromatic carbocycles. The van der Waals surface area contributed by atoms with Crippen molar-refractivity contribution in [2.45, 2.75) is 26.7 Å². The summed E-state index contributed by atoms with van der Waals surface area (Å²) in [5, 5.41) is 0. The van der Waals surface area contributed by atoms with Gasteiger partial charge >= 0.3 is 0 Å². The molecule has 0 unspecified atom stereocenters. The third-order valence-electron chi connectivity index (χ3n) is 3.08. The number of aryl methyl sites for hydroxylation is 1. The van der Waals surface area contributed by atoms with E-state index < -0.39 is 0 Å². The molecular formula is C18H20. The van der Waals surface area contributed by atoms with E-state index in [0.29, 0.717) is 0 Å². The van der Waals surface area contributed by atoms with Crippen LogP contribution in [0.15, 0.2) is 54.6 Å². The monoisotopic (exact) mass is 236 g/mol. The minimum absolute atomic E-state index is 1.12. The first-order valence-electron chi connectivity index (χ1n) is 6.62. The quantitative estimate of drug-likeness (QED) is 0.629. The predicted octanol–water partition coefficient (Wildman–Crippen LogP) is 5.34. The fourth-order valence-corrected chi connectivity index (χ4v) is 2.09. The van der Waals surface area contributed by atoms with Crippen LogP contribution in [0.25, 0.3) is 11.6 Å². The van der Waals surface area contributed by atoms with Crippen LogP contribution < -0.4 is 0 Å². The van der Waals surface area contributed by atoms with Gasteiger partial charge in [0.1, 0.15) is 0 Å². The Kier molecular flexibility index (Phi) is 4.35. The van der Waals surface area contributed by atoms with Crippen LogP contribution in [0.5, 0.6) is 0 Å². The van der Waals surface area contributed by atoms with Gasteiger partial charge in [0.15, 0.2) is 0 Å². The molecule has 0 aliphatic carbocycles. The largest absolute Gasteiger partial charge is 0.0651 e. The molecule has 0 amide bonds. The highest BCUT2D eigenvalue weighted by atomic mass is 14.0. The standard InChI is InChI=1S/C18H20/c1-3-7-18(17-8-5-4-6-9-17)14-16-12-10-15(2)11-13-16/h4-6,8-14H,3,7H2,1-2H3. The zero-order chi connectivity index (χ0) is 12.8. The predicted molar refractivity (Wildman–Crippen MR) is 80.4 cm³/mol. The lowest BCUT2D eigenvalue weighted by Crippen LogP contribution is -1.84. The minimum atomic E-state index is 1.12. The molecule has 0 saturated heterocycles. The molecule has 0 aliphatic rings. The first-order valence-corrected chi connectivity index (χ1v) is 6.62. The van der Waals surface area contributed by atoms with E-state index >= 15 is 0 Å². The Morgan fingerprint density at radius 2 is 1.61 bits per heavy atom. The van der Waals surface area contributed by atoms with Crippen molar-refractivity contribution in [3.05, 3.63) is 71.3 Å². The summed E-state index contributed by atoms with van der Waals surface area (Å²) in [4.78, 5) is 0. The van der Waals surface area contributed by atoms with Crippen LogP contribution in [-0.2, 0) is 0 Å². The molecule has 0 spiro atoms. The summed E-state index contributed by atoms with van der Waals surface area (Å²) >= 11 is 0. The third kappa shape index (κ3) is 3.33. The molecule has 0 heterocycles. The smallest absolute Gasteiger partial charge is 0.0224 e. The molecule has 0 aromatic heterocycles. The summed E-state index contributed by atoms with van der Waals surface area (Å²) < 4.78 is 0. The first kappa shape index (κ1) is 12.6. The molecule has 0 N–H and O–H groups in total. The van der Waals surface area contributed by atoms with Crippen LogP contribution in [0.1, 0.15) is 36.5 Å². The Balaban J connectivity index is 2.33. The second-order valence-electron chi connectivity index (χ2n) is 4.70. The maximum Gasteiger partial charge on any atom is -0.0224 e. The van der Waals surface area contributed by atoms with Crippen molar-refractivity contribution in [2.24, 2.45) is 0 Å². The summed E-state index contributed by atoms with van der Waals surface area (Å²) in [5.41, 5.74) is 5.35. The molecule has 18 heavy (non-hydrogen) atoms. The molecule has 0 nitrogen and oxygen atoms in total. The molecule has 0 radical (unpaired) electrons. The highest BCUT2D eigenvalue weighted by Crippen LogP contribution is 2.22. The average molecular weight is 236 g/mol. The third-order valence-corrected chi connectivity index (χ3v) is 3.08. The van der Waals surface area contributed by atoms with Crippen LogP contribution in [0.3, 0.4) is 0 Å². The number of hydrogen-bond acceptors (Lipinski definition) is 0. The van der Waals surface area contributed by atoms with Gasteiger partial charge in [-0.25, -0.2) is 0 Å². The zero-order valence-corrected chi connectivity index (χ0v) is 11.2. The van der Waals surface area contributed by atoms with Gasteiger partial charge in [0.2, 0.25) is 0 Å². The van der Waals surface area contributed by atoms with Gasteiger partial charge in [0.05, 0.1) is 0 Å². The van der Waals surface area contributed by atoms with Crippen molar-refractivity contribution in [1.29, 1.82) is 0 Å². The van der Waals surface area contributed by atoms with Gasteiger partial charge in [-0.2, -0.15) is 0 Å². The number of rotatable bonds is 4. The highest BCUT2D eigenvalue weighted by molar-refractivity contribution is 5.81. The maximum atomic E-state index is 2.30. The van der Waals surface area contributed by atoms with Crippen LogP contribution in [0.2, 0.25) is 0 Å². The van der Waals surface area contributed by atoms with Gasteiger partial charge in [-0.1, -0.05) is 79.6 Å². The Morgan fingerprint density at radius 1 is 0.944 bits per heavy atom. The van der Waals surface area contributed by atoms with Crippen LogP contribution in [-0.4, -0.2) is 0 Å². The van der Waals surface area contributed by atoms with E-state index in [1.807, 2.05) is 0 Å². The molecule has 2 rings (SSSR count). The van der Waals surface area contributed by atoms with Crippen LogP contribution in [0, 0.1) is 6.92 Å². The molecule has 92 valence electrons. The van der Waals surface area contributed by atoms with Gasteiger partial charge in [0.25, 0.3) is 0 Å². The molecule has 0 aliphatic heterocycles. The van der Waals surface area contributed by atoms with Gasteiger partial charge in [-0.15, -0.1) is 0 Å². The van der Waals surface area contributed by atoms with E-state index in [4.69, 9.17) is 0 Å². The lowest BCUT2D eigenvalue weighted by molar-refractivity contribution is 0.976. The van der Waals surface area contributed by atoms with Gasteiger partial charge in [-0.05, 0) is 30.0 Å². The fourth-order valence-electron chi connectivity index (χ4n) is 2.09. The van der Waals surface area contributed by atoms with Gasteiger partial charge in [-0.3, -0.25) is 0 Å². The summed E-state index contributed by atoms with van der Waals surface area (Å²) in [6.07, 6.45) is 4.60. The topological polar surface area (TPSA) is 0 Å². The lowest BCUT2D eigenvalue weighted by Gasteiger charge is -2.07.